The predicted molar refractivity (Wildman–Crippen MR) is 88.8 cm³/mol. The summed E-state index contributed by atoms with van der Waals surface area (Å²) < 4.78 is 27.6. The first-order chi connectivity index (χ1) is 10.5. The van der Waals surface area contributed by atoms with Gasteiger partial charge in [-0.2, -0.15) is 0 Å². The van der Waals surface area contributed by atoms with Crippen LogP contribution in [0.3, 0.4) is 0 Å². The molecule has 1 unspecified atom stereocenters. The molecule has 5 nitrogen and oxygen atoms in total. The molecule has 1 aliphatic rings. The Balaban J connectivity index is 1.89. The molecule has 0 saturated carbocycles. The van der Waals surface area contributed by atoms with Crippen LogP contribution in [0.15, 0.2) is 0 Å². The van der Waals surface area contributed by atoms with Gasteiger partial charge in [0.1, 0.15) is 0 Å². The normalized spacial score (nSPS) is 20.0. The van der Waals surface area contributed by atoms with Gasteiger partial charge in [-0.3, -0.25) is 0 Å². The topological polar surface area (TPSA) is 72.5 Å². The molecule has 1 fully saturated rings. The van der Waals surface area contributed by atoms with E-state index >= 15 is 0 Å². The van der Waals surface area contributed by atoms with Gasteiger partial charge in [0.2, 0.25) is 0 Å². The van der Waals surface area contributed by atoms with Crippen LogP contribution in [0.2, 0.25) is 0 Å². The number of alkyl carbamates (subject to hydrolysis) is 1. The molecule has 0 aromatic rings. The first-order valence-corrected chi connectivity index (χ1v) is 10.5. The maximum Gasteiger partial charge on any atom is 0.407 e. The van der Waals surface area contributed by atoms with Crippen LogP contribution in [0.25, 0.3) is 0 Å². The zero-order valence-electron chi connectivity index (χ0n) is 13.8. The summed E-state index contributed by atoms with van der Waals surface area (Å²) in [5, 5.41) is 2.62. The van der Waals surface area contributed by atoms with E-state index in [1.165, 1.54) is 44.9 Å². The van der Waals surface area contributed by atoms with Crippen molar-refractivity contribution in [3.8, 4) is 0 Å². The fraction of sp³-hybridized carbons (Fsp3) is 0.938. The number of hydrogen-bond donors (Lipinski definition) is 1. The summed E-state index contributed by atoms with van der Waals surface area (Å²) >= 11 is 0. The number of rotatable bonds is 11. The molecular formula is C16H31NO4S. The van der Waals surface area contributed by atoms with Crippen molar-refractivity contribution in [2.45, 2.75) is 77.2 Å². The van der Waals surface area contributed by atoms with E-state index in [9.17, 15) is 13.2 Å². The Morgan fingerprint density at radius 2 is 1.64 bits per heavy atom. The average molecular weight is 333 g/mol. The van der Waals surface area contributed by atoms with Crippen LogP contribution in [0.1, 0.15) is 71.1 Å². The lowest BCUT2D eigenvalue weighted by Gasteiger charge is -2.11. The second-order valence-corrected chi connectivity index (χ2v) is 8.44. The number of carbonyl (C=O) groups is 1. The van der Waals surface area contributed by atoms with Crippen LogP contribution in [0.5, 0.6) is 0 Å². The van der Waals surface area contributed by atoms with E-state index in [2.05, 4.69) is 12.2 Å². The summed E-state index contributed by atoms with van der Waals surface area (Å²) in [5.74, 6) is 0.205. The number of carbonyl (C=O) groups excluding carboxylic acids is 1. The Morgan fingerprint density at radius 3 is 2.18 bits per heavy atom. The molecule has 6 heteroatoms. The highest BCUT2D eigenvalue weighted by Gasteiger charge is 2.29. The second-order valence-electron chi connectivity index (χ2n) is 6.21. The number of ether oxygens (including phenoxy) is 1. The summed E-state index contributed by atoms with van der Waals surface area (Å²) in [6.45, 7) is 2.64. The Kier molecular flexibility index (Phi) is 9.52. The highest BCUT2D eigenvalue weighted by molar-refractivity contribution is 7.91. The minimum Gasteiger partial charge on any atom is -0.450 e. The van der Waals surface area contributed by atoms with E-state index in [1.807, 2.05) is 0 Å². The molecule has 0 aromatic heterocycles. The van der Waals surface area contributed by atoms with Crippen molar-refractivity contribution in [1.82, 2.24) is 5.32 Å². The zero-order chi connectivity index (χ0) is 16.3. The Labute approximate surface area is 135 Å². The molecule has 0 aromatic carbocycles. The number of unbranched alkanes of at least 4 members (excludes halogenated alkanes) is 8. The Bertz CT molecular complexity index is 408. The van der Waals surface area contributed by atoms with Crippen molar-refractivity contribution in [2.24, 2.45) is 0 Å². The van der Waals surface area contributed by atoms with Gasteiger partial charge in [-0.25, -0.2) is 13.2 Å². The third-order valence-corrected chi connectivity index (χ3v) is 5.80. The standard InChI is InChI=1S/C16H31NO4S/c1-2-3-4-5-6-7-8-9-10-12-21-16(18)17-15-11-13-22(19,20)14-15/h15H,2-14H2,1H3,(H,17,18). The first kappa shape index (κ1) is 19.3. The maximum atomic E-state index is 11.5. The molecule has 1 rings (SSSR count). The summed E-state index contributed by atoms with van der Waals surface area (Å²) in [6, 6.07) is -0.277. The van der Waals surface area contributed by atoms with Crippen molar-refractivity contribution in [3.63, 3.8) is 0 Å². The summed E-state index contributed by atoms with van der Waals surface area (Å²) in [4.78, 5) is 11.5. The molecule has 0 bridgehead atoms. The SMILES string of the molecule is CCCCCCCCCCCOC(=O)NC1CCS(=O)(=O)C1. The van der Waals surface area contributed by atoms with Crippen molar-refractivity contribution in [2.75, 3.05) is 18.1 Å². The van der Waals surface area contributed by atoms with Crippen LogP contribution in [-0.4, -0.2) is 38.7 Å². The van der Waals surface area contributed by atoms with Crippen LogP contribution in [-0.2, 0) is 14.6 Å². The molecule has 1 N–H and O–H groups in total. The third kappa shape index (κ3) is 9.28. The van der Waals surface area contributed by atoms with Gasteiger partial charge in [0.05, 0.1) is 18.1 Å². The summed E-state index contributed by atoms with van der Waals surface area (Å²) in [6.07, 6.45) is 11.0. The van der Waals surface area contributed by atoms with Crippen LogP contribution in [0, 0.1) is 0 Å². The fourth-order valence-corrected chi connectivity index (χ4v) is 4.37. The van der Waals surface area contributed by atoms with Gasteiger partial charge in [-0.1, -0.05) is 58.3 Å². The smallest absolute Gasteiger partial charge is 0.407 e. The molecule has 1 atom stereocenters. The number of hydrogen-bond acceptors (Lipinski definition) is 4. The Morgan fingerprint density at radius 1 is 1.05 bits per heavy atom. The monoisotopic (exact) mass is 333 g/mol. The summed E-state index contributed by atoms with van der Waals surface area (Å²) in [5.41, 5.74) is 0. The van der Waals surface area contributed by atoms with Crippen LogP contribution < -0.4 is 5.32 Å². The molecule has 1 heterocycles. The quantitative estimate of drug-likeness (QED) is 0.588. The van der Waals surface area contributed by atoms with Crippen molar-refractivity contribution < 1.29 is 17.9 Å². The van der Waals surface area contributed by atoms with E-state index in [0.29, 0.717) is 13.0 Å². The second kappa shape index (κ2) is 10.9. The predicted octanol–water partition coefficient (Wildman–Crippen LogP) is 3.43. The van der Waals surface area contributed by atoms with E-state index in [0.717, 1.165) is 12.8 Å². The zero-order valence-corrected chi connectivity index (χ0v) is 14.6. The minimum atomic E-state index is -2.96. The van der Waals surface area contributed by atoms with Gasteiger partial charge in [0, 0.05) is 6.04 Å². The van der Waals surface area contributed by atoms with Gasteiger partial charge in [-0.15, -0.1) is 0 Å². The largest absolute Gasteiger partial charge is 0.450 e. The molecule has 0 spiro atoms. The van der Waals surface area contributed by atoms with Crippen molar-refractivity contribution in [3.05, 3.63) is 0 Å². The van der Waals surface area contributed by atoms with Crippen LogP contribution in [0.4, 0.5) is 4.79 Å². The molecule has 1 amide bonds. The van der Waals surface area contributed by atoms with Gasteiger partial charge >= 0.3 is 6.09 Å². The fourth-order valence-electron chi connectivity index (χ4n) is 2.69. The molecule has 0 radical (unpaired) electrons. The number of sulfone groups is 1. The number of amides is 1. The van der Waals surface area contributed by atoms with Crippen molar-refractivity contribution >= 4 is 15.9 Å². The lowest BCUT2D eigenvalue weighted by Crippen LogP contribution is -2.36. The van der Waals surface area contributed by atoms with E-state index in [1.54, 1.807) is 0 Å². The van der Waals surface area contributed by atoms with Gasteiger partial charge in [-0.05, 0) is 12.8 Å². The molecule has 130 valence electrons. The molecule has 1 saturated heterocycles. The lowest BCUT2D eigenvalue weighted by atomic mass is 10.1. The molecule has 0 aliphatic carbocycles. The highest BCUT2D eigenvalue weighted by atomic mass is 32.2. The Hall–Kier alpha value is -0.780. The first-order valence-electron chi connectivity index (χ1n) is 8.67. The summed E-state index contributed by atoms with van der Waals surface area (Å²) in [7, 11) is -2.96. The highest BCUT2D eigenvalue weighted by Crippen LogP contribution is 2.12. The molecule has 22 heavy (non-hydrogen) atoms. The van der Waals surface area contributed by atoms with Crippen molar-refractivity contribution in [1.29, 1.82) is 0 Å². The maximum absolute atomic E-state index is 11.5. The van der Waals surface area contributed by atoms with Gasteiger partial charge in [0.25, 0.3) is 0 Å². The lowest BCUT2D eigenvalue weighted by molar-refractivity contribution is 0.141. The molecular weight excluding hydrogens is 302 g/mol. The molecule has 1 aliphatic heterocycles. The van der Waals surface area contributed by atoms with Gasteiger partial charge in [0.15, 0.2) is 9.84 Å². The number of nitrogens with one attached hydrogen (secondary N) is 1. The van der Waals surface area contributed by atoms with Gasteiger partial charge < -0.3 is 10.1 Å². The minimum absolute atomic E-state index is 0.0418. The van der Waals surface area contributed by atoms with E-state index in [4.69, 9.17) is 4.74 Å². The average Bonchev–Trinajstić information content (AvgIpc) is 2.80. The van der Waals surface area contributed by atoms with Crippen LogP contribution >= 0.6 is 0 Å². The van der Waals surface area contributed by atoms with E-state index in [-0.39, 0.29) is 17.5 Å². The third-order valence-electron chi connectivity index (χ3n) is 4.04. The van der Waals surface area contributed by atoms with E-state index < -0.39 is 15.9 Å².